The molecule has 1 aliphatic carbocycles. The molecule has 3 nitrogen and oxygen atoms in total. The minimum absolute atomic E-state index is 0.307. The van der Waals surface area contributed by atoms with Gasteiger partial charge in [-0.05, 0) is 19.3 Å². The second-order valence-electron chi connectivity index (χ2n) is 4.39. The lowest BCUT2D eigenvalue weighted by Gasteiger charge is -2.27. The highest BCUT2D eigenvalue weighted by Gasteiger charge is 2.15. The highest BCUT2D eigenvalue weighted by atomic mass is 16.2. The van der Waals surface area contributed by atoms with E-state index >= 15 is 0 Å². The fraction of sp³-hybridized carbons (Fsp3) is 0.615. The Labute approximate surface area is 97.2 Å². The SMILES string of the molecule is O=C(CCC1=CCCC=C1)N1CCNCC1. The van der Waals surface area contributed by atoms with Crippen LogP contribution in [-0.4, -0.2) is 37.0 Å². The number of amides is 1. The van der Waals surface area contributed by atoms with Gasteiger partial charge < -0.3 is 10.2 Å². The van der Waals surface area contributed by atoms with Gasteiger partial charge in [-0.3, -0.25) is 4.79 Å². The Morgan fingerprint density at radius 2 is 2.12 bits per heavy atom. The first-order valence-corrected chi connectivity index (χ1v) is 6.20. The zero-order chi connectivity index (χ0) is 11.2. The fourth-order valence-electron chi connectivity index (χ4n) is 2.18. The number of hydrogen-bond acceptors (Lipinski definition) is 2. The number of carbonyl (C=O) groups is 1. The van der Waals surface area contributed by atoms with Crippen molar-refractivity contribution in [1.29, 1.82) is 0 Å². The van der Waals surface area contributed by atoms with E-state index < -0.39 is 0 Å². The lowest BCUT2D eigenvalue weighted by atomic mass is 10.0. The van der Waals surface area contributed by atoms with E-state index in [1.165, 1.54) is 5.57 Å². The molecule has 0 unspecified atom stereocenters. The maximum atomic E-state index is 11.9. The van der Waals surface area contributed by atoms with Crippen LogP contribution in [0, 0.1) is 0 Å². The van der Waals surface area contributed by atoms with E-state index in [1.807, 2.05) is 4.90 Å². The van der Waals surface area contributed by atoms with Gasteiger partial charge in [-0.2, -0.15) is 0 Å². The Bertz CT molecular complexity index is 301. The van der Waals surface area contributed by atoms with Crippen LogP contribution in [0.5, 0.6) is 0 Å². The van der Waals surface area contributed by atoms with Gasteiger partial charge in [-0.1, -0.05) is 23.8 Å². The van der Waals surface area contributed by atoms with Crippen molar-refractivity contribution in [2.24, 2.45) is 0 Å². The standard InChI is InChI=1S/C13H20N2O/c16-13(15-10-8-14-9-11-15)7-6-12-4-2-1-3-5-12/h2,4-5,14H,1,3,6-11H2. The van der Waals surface area contributed by atoms with E-state index in [1.54, 1.807) is 0 Å². The van der Waals surface area contributed by atoms with Gasteiger partial charge in [0.25, 0.3) is 0 Å². The summed E-state index contributed by atoms with van der Waals surface area (Å²) in [5.74, 6) is 0.307. The Morgan fingerprint density at radius 1 is 1.31 bits per heavy atom. The summed E-state index contributed by atoms with van der Waals surface area (Å²) in [7, 11) is 0. The summed E-state index contributed by atoms with van der Waals surface area (Å²) in [6, 6.07) is 0. The summed E-state index contributed by atoms with van der Waals surface area (Å²) >= 11 is 0. The topological polar surface area (TPSA) is 32.3 Å². The molecule has 1 N–H and O–H groups in total. The van der Waals surface area contributed by atoms with Gasteiger partial charge in [0.05, 0.1) is 0 Å². The summed E-state index contributed by atoms with van der Waals surface area (Å²) in [6.07, 6.45) is 10.5. The average Bonchev–Trinajstić information content (AvgIpc) is 2.38. The zero-order valence-electron chi connectivity index (χ0n) is 9.74. The van der Waals surface area contributed by atoms with E-state index in [0.29, 0.717) is 12.3 Å². The normalized spacial score (nSPS) is 20.8. The maximum absolute atomic E-state index is 11.9. The van der Waals surface area contributed by atoms with Crippen LogP contribution in [-0.2, 0) is 4.79 Å². The molecular formula is C13H20N2O. The monoisotopic (exact) mass is 220 g/mol. The zero-order valence-corrected chi connectivity index (χ0v) is 9.74. The van der Waals surface area contributed by atoms with Crippen LogP contribution in [0.3, 0.4) is 0 Å². The van der Waals surface area contributed by atoms with E-state index in [4.69, 9.17) is 0 Å². The van der Waals surface area contributed by atoms with Crippen molar-refractivity contribution >= 4 is 5.91 Å². The molecule has 0 aromatic rings. The van der Waals surface area contributed by atoms with Crippen molar-refractivity contribution in [2.45, 2.75) is 25.7 Å². The van der Waals surface area contributed by atoms with Crippen LogP contribution < -0.4 is 5.32 Å². The van der Waals surface area contributed by atoms with Gasteiger partial charge in [0, 0.05) is 32.6 Å². The molecule has 1 saturated heterocycles. The van der Waals surface area contributed by atoms with Crippen molar-refractivity contribution in [1.82, 2.24) is 10.2 Å². The summed E-state index contributed by atoms with van der Waals surface area (Å²) < 4.78 is 0. The van der Waals surface area contributed by atoms with Gasteiger partial charge in [0.1, 0.15) is 0 Å². The average molecular weight is 220 g/mol. The van der Waals surface area contributed by atoms with E-state index in [-0.39, 0.29) is 0 Å². The van der Waals surface area contributed by atoms with Crippen LogP contribution in [0.15, 0.2) is 23.8 Å². The predicted molar refractivity (Wildman–Crippen MR) is 65.1 cm³/mol. The van der Waals surface area contributed by atoms with Crippen molar-refractivity contribution in [2.75, 3.05) is 26.2 Å². The first kappa shape index (κ1) is 11.4. The van der Waals surface area contributed by atoms with Gasteiger partial charge >= 0.3 is 0 Å². The summed E-state index contributed by atoms with van der Waals surface area (Å²) in [5.41, 5.74) is 1.33. The number of nitrogens with zero attached hydrogens (tertiary/aromatic N) is 1. The lowest BCUT2D eigenvalue weighted by molar-refractivity contribution is -0.131. The minimum Gasteiger partial charge on any atom is -0.340 e. The van der Waals surface area contributed by atoms with Crippen molar-refractivity contribution in [3.8, 4) is 0 Å². The highest BCUT2D eigenvalue weighted by Crippen LogP contribution is 2.15. The molecule has 0 aromatic heterocycles. The second-order valence-corrected chi connectivity index (χ2v) is 4.39. The third-order valence-electron chi connectivity index (χ3n) is 3.17. The minimum atomic E-state index is 0.307. The Hall–Kier alpha value is -1.09. The maximum Gasteiger partial charge on any atom is 0.222 e. The molecule has 2 rings (SSSR count). The first-order valence-electron chi connectivity index (χ1n) is 6.20. The highest BCUT2D eigenvalue weighted by molar-refractivity contribution is 5.76. The third-order valence-corrected chi connectivity index (χ3v) is 3.17. The number of rotatable bonds is 3. The molecule has 3 heteroatoms. The number of nitrogens with one attached hydrogen (secondary N) is 1. The van der Waals surface area contributed by atoms with Gasteiger partial charge in [0.15, 0.2) is 0 Å². The lowest BCUT2D eigenvalue weighted by Crippen LogP contribution is -2.46. The van der Waals surface area contributed by atoms with Crippen LogP contribution in [0.25, 0.3) is 0 Å². The van der Waals surface area contributed by atoms with Crippen molar-refractivity contribution in [3.05, 3.63) is 23.8 Å². The Balaban J connectivity index is 1.74. The molecule has 0 atom stereocenters. The molecule has 1 amide bonds. The van der Waals surface area contributed by atoms with Gasteiger partial charge in [-0.15, -0.1) is 0 Å². The predicted octanol–water partition coefficient (Wildman–Crippen LogP) is 1.47. The molecule has 0 spiro atoms. The van der Waals surface area contributed by atoms with Crippen molar-refractivity contribution < 1.29 is 4.79 Å². The molecule has 0 aromatic carbocycles. The van der Waals surface area contributed by atoms with E-state index in [0.717, 1.165) is 45.4 Å². The molecule has 1 aliphatic heterocycles. The van der Waals surface area contributed by atoms with Crippen LogP contribution in [0.2, 0.25) is 0 Å². The van der Waals surface area contributed by atoms with Gasteiger partial charge in [-0.25, -0.2) is 0 Å². The van der Waals surface area contributed by atoms with Crippen LogP contribution in [0.1, 0.15) is 25.7 Å². The summed E-state index contributed by atoms with van der Waals surface area (Å²) in [5, 5.41) is 3.26. The molecular weight excluding hydrogens is 200 g/mol. The number of allylic oxidation sites excluding steroid dienone is 4. The molecule has 88 valence electrons. The van der Waals surface area contributed by atoms with E-state index in [2.05, 4.69) is 23.5 Å². The van der Waals surface area contributed by atoms with E-state index in [9.17, 15) is 4.79 Å². The first-order chi connectivity index (χ1) is 7.86. The molecule has 0 saturated carbocycles. The van der Waals surface area contributed by atoms with Gasteiger partial charge in [0.2, 0.25) is 5.91 Å². The number of hydrogen-bond donors (Lipinski definition) is 1. The summed E-state index contributed by atoms with van der Waals surface area (Å²) in [4.78, 5) is 13.9. The fourth-order valence-corrected chi connectivity index (χ4v) is 2.18. The van der Waals surface area contributed by atoms with Crippen LogP contribution in [0.4, 0.5) is 0 Å². The summed E-state index contributed by atoms with van der Waals surface area (Å²) in [6.45, 7) is 3.62. The largest absolute Gasteiger partial charge is 0.340 e. The molecule has 0 radical (unpaired) electrons. The number of carbonyl (C=O) groups excluding carboxylic acids is 1. The second kappa shape index (κ2) is 5.85. The smallest absolute Gasteiger partial charge is 0.222 e. The van der Waals surface area contributed by atoms with Crippen LogP contribution >= 0.6 is 0 Å². The molecule has 1 heterocycles. The van der Waals surface area contributed by atoms with Crippen molar-refractivity contribution in [3.63, 3.8) is 0 Å². The molecule has 16 heavy (non-hydrogen) atoms. The third kappa shape index (κ3) is 3.20. The Kier molecular flexibility index (Phi) is 4.17. The molecule has 1 fully saturated rings. The Morgan fingerprint density at radius 3 is 2.81 bits per heavy atom. The number of piperazine rings is 1. The molecule has 2 aliphatic rings. The quantitative estimate of drug-likeness (QED) is 0.781. The molecule has 0 bridgehead atoms.